The minimum Gasteiger partial charge on any atom is -0.456 e. The van der Waals surface area contributed by atoms with E-state index < -0.39 is 0 Å². The molecule has 0 spiro atoms. The fraction of sp³-hybridized carbons (Fsp3) is 0.824. The monoisotopic (exact) mass is 284 g/mol. The summed E-state index contributed by atoms with van der Waals surface area (Å²) in [5, 5.41) is 0. The molecule has 0 fully saturated rings. The minimum atomic E-state index is -0.265. The Morgan fingerprint density at radius 2 is 1.50 bits per heavy atom. The van der Waals surface area contributed by atoms with Crippen LogP contribution < -0.4 is 0 Å². The SMILES string of the molecule is C=C(C)C(=O)OCC[N+](C)(CCCCC)CCCCC. The number of quaternary nitrogens is 1. The second-order valence-electron chi connectivity index (χ2n) is 6.12. The van der Waals surface area contributed by atoms with E-state index in [0.29, 0.717) is 12.2 Å². The summed E-state index contributed by atoms with van der Waals surface area (Å²) < 4.78 is 6.27. The van der Waals surface area contributed by atoms with Crippen molar-refractivity contribution < 1.29 is 14.0 Å². The number of rotatable bonds is 12. The average molecular weight is 284 g/mol. The first-order chi connectivity index (χ1) is 9.45. The molecule has 0 rings (SSSR count). The van der Waals surface area contributed by atoms with Crippen LogP contribution in [-0.4, -0.2) is 43.7 Å². The number of ether oxygens (including phenoxy) is 1. The molecule has 0 heterocycles. The average Bonchev–Trinajstić information content (AvgIpc) is 2.39. The minimum absolute atomic E-state index is 0.265. The third-order valence-corrected chi connectivity index (χ3v) is 3.82. The maximum absolute atomic E-state index is 11.4. The van der Waals surface area contributed by atoms with Gasteiger partial charge in [-0.1, -0.05) is 33.3 Å². The smallest absolute Gasteiger partial charge is 0.333 e. The molecule has 3 heteroatoms. The molecule has 0 aliphatic heterocycles. The van der Waals surface area contributed by atoms with E-state index in [9.17, 15) is 4.79 Å². The summed E-state index contributed by atoms with van der Waals surface area (Å²) >= 11 is 0. The summed E-state index contributed by atoms with van der Waals surface area (Å²) in [6.07, 6.45) is 7.58. The highest BCUT2D eigenvalue weighted by Gasteiger charge is 2.21. The lowest BCUT2D eigenvalue weighted by atomic mass is 10.2. The summed E-state index contributed by atoms with van der Waals surface area (Å²) in [5.41, 5.74) is 0.483. The number of nitrogens with zero attached hydrogens (tertiary/aromatic N) is 1. The van der Waals surface area contributed by atoms with Crippen molar-refractivity contribution in [2.45, 2.75) is 59.3 Å². The lowest BCUT2D eigenvalue weighted by Crippen LogP contribution is -2.48. The van der Waals surface area contributed by atoms with Gasteiger partial charge in [0.15, 0.2) is 0 Å². The molecule has 20 heavy (non-hydrogen) atoms. The molecule has 0 unspecified atom stereocenters. The molecule has 0 bridgehead atoms. The Balaban J connectivity index is 4.20. The first-order valence-electron chi connectivity index (χ1n) is 8.11. The summed E-state index contributed by atoms with van der Waals surface area (Å²) in [5.74, 6) is -0.265. The Labute approximate surface area is 125 Å². The topological polar surface area (TPSA) is 26.3 Å². The van der Waals surface area contributed by atoms with Crippen molar-refractivity contribution in [2.75, 3.05) is 33.3 Å². The zero-order valence-electron chi connectivity index (χ0n) is 14.0. The van der Waals surface area contributed by atoms with Crippen molar-refractivity contribution in [3.05, 3.63) is 12.2 Å². The molecule has 0 aromatic rings. The second kappa shape index (κ2) is 10.9. The van der Waals surface area contributed by atoms with Crippen LogP contribution >= 0.6 is 0 Å². The zero-order chi connectivity index (χ0) is 15.4. The molecular formula is C17H34NO2+. The lowest BCUT2D eigenvalue weighted by molar-refractivity contribution is -0.910. The van der Waals surface area contributed by atoms with Crippen LogP contribution in [0.2, 0.25) is 0 Å². The number of esters is 1. The zero-order valence-corrected chi connectivity index (χ0v) is 14.0. The third kappa shape index (κ3) is 9.13. The van der Waals surface area contributed by atoms with Crippen molar-refractivity contribution in [2.24, 2.45) is 0 Å². The fourth-order valence-electron chi connectivity index (χ4n) is 2.30. The predicted molar refractivity (Wildman–Crippen MR) is 85.6 cm³/mol. The van der Waals surface area contributed by atoms with Crippen LogP contribution in [0.3, 0.4) is 0 Å². The standard InChI is InChI=1S/C17H34NO2/c1-6-8-10-12-18(5,13-11-9-7-2)14-15-20-17(19)16(3)4/h3,6-15H2,1-2,4-5H3/q+1. The van der Waals surface area contributed by atoms with Gasteiger partial charge < -0.3 is 9.22 Å². The highest BCUT2D eigenvalue weighted by atomic mass is 16.5. The van der Waals surface area contributed by atoms with Crippen LogP contribution in [0.25, 0.3) is 0 Å². The number of carbonyl (C=O) groups excluding carboxylic acids is 1. The molecule has 0 radical (unpaired) electrons. The molecule has 0 saturated carbocycles. The molecule has 0 aliphatic carbocycles. The van der Waals surface area contributed by atoms with Gasteiger partial charge in [-0.15, -0.1) is 0 Å². The normalized spacial score (nSPS) is 11.4. The maximum Gasteiger partial charge on any atom is 0.333 e. The fourth-order valence-corrected chi connectivity index (χ4v) is 2.30. The van der Waals surface area contributed by atoms with E-state index in [0.717, 1.165) is 11.0 Å². The van der Waals surface area contributed by atoms with Crippen LogP contribution in [-0.2, 0) is 9.53 Å². The van der Waals surface area contributed by atoms with Crippen LogP contribution in [0.1, 0.15) is 59.3 Å². The molecule has 118 valence electrons. The van der Waals surface area contributed by atoms with E-state index in [1.54, 1.807) is 6.92 Å². The molecule has 0 atom stereocenters. The van der Waals surface area contributed by atoms with Gasteiger partial charge in [0.1, 0.15) is 13.2 Å². The summed E-state index contributed by atoms with van der Waals surface area (Å²) in [6, 6.07) is 0. The molecule has 0 aromatic carbocycles. The first-order valence-corrected chi connectivity index (χ1v) is 8.11. The van der Waals surface area contributed by atoms with Gasteiger partial charge in [-0.25, -0.2) is 4.79 Å². The Morgan fingerprint density at radius 3 is 1.90 bits per heavy atom. The van der Waals surface area contributed by atoms with Gasteiger partial charge in [-0.05, 0) is 32.6 Å². The van der Waals surface area contributed by atoms with Crippen LogP contribution in [0.4, 0.5) is 0 Å². The van der Waals surface area contributed by atoms with Crippen molar-refractivity contribution in [3.8, 4) is 0 Å². The van der Waals surface area contributed by atoms with Crippen LogP contribution in [0.15, 0.2) is 12.2 Å². The Kier molecular flexibility index (Phi) is 10.4. The largest absolute Gasteiger partial charge is 0.456 e. The molecule has 0 aliphatic rings. The third-order valence-electron chi connectivity index (χ3n) is 3.82. The van der Waals surface area contributed by atoms with E-state index in [4.69, 9.17) is 4.74 Å². The van der Waals surface area contributed by atoms with Crippen molar-refractivity contribution in [3.63, 3.8) is 0 Å². The first kappa shape index (κ1) is 19.2. The van der Waals surface area contributed by atoms with Crippen LogP contribution in [0.5, 0.6) is 0 Å². The van der Waals surface area contributed by atoms with Crippen molar-refractivity contribution in [1.82, 2.24) is 0 Å². The van der Waals surface area contributed by atoms with E-state index in [2.05, 4.69) is 27.5 Å². The van der Waals surface area contributed by atoms with Gasteiger partial charge >= 0.3 is 5.97 Å². The number of unbranched alkanes of at least 4 members (excludes halogenated alkanes) is 4. The van der Waals surface area contributed by atoms with Crippen molar-refractivity contribution in [1.29, 1.82) is 0 Å². The van der Waals surface area contributed by atoms with Gasteiger partial charge in [0.2, 0.25) is 0 Å². The van der Waals surface area contributed by atoms with Crippen molar-refractivity contribution >= 4 is 5.97 Å². The highest BCUT2D eigenvalue weighted by Crippen LogP contribution is 2.11. The Hall–Kier alpha value is -0.830. The maximum atomic E-state index is 11.4. The molecule has 3 nitrogen and oxygen atoms in total. The molecule has 0 saturated heterocycles. The molecule has 0 N–H and O–H groups in total. The molecular weight excluding hydrogens is 250 g/mol. The number of likely N-dealkylation sites (N-methyl/N-ethyl adjacent to an activating group) is 1. The summed E-state index contributed by atoms with van der Waals surface area (Å²) in [6.45, 7) is 13.5. The van der Waals surface area contributed by atoms with Gasteiger partial charge in [0.05, 0.1) is 20.1 Å². The molecule has 0 aromatic heterocycles. The Bertz CT molecular complexity index is 277. The summed E-state index contributed by atoms with van der Waals surface area (Å²) in [4.78, 5) is 11.4. The lowest BCUT2D eigenvalue weighted by Gasteiger charge is -2.34. The second-order valence-corrected chi connectivity index (χ2v) is 6.12. The summed E-state index contributed by atoms with van der Waals surface area (Å²) in [7, 11) is 2.29. The van der Waals surface area contributed by atoms with E-state index >= 15 is 0 Å². The van der Waals surface area contributed by atoms with Gasteiger partial charge in [0.25, 0.3) is 0 Å². The van der Waals surface area contributed by atoms with E-state index in [-0.39, 0.29) is 5.97 Å². The van der Waals surface area contributed by atoms with Crippen LogP contribution in [0, 0.1) is 0 Å². The number of hydrogen-bond donors (Lipinski definition) is 0. The van der Waals surface area contributed by atoms with Gasteiger partial charge in [-0.3, -0.25) is 0 Å². The molecule has 0 amide bonds. The van der Waals surface area contributed by atoms with E-state index in [1.165, 1.54) is 51.6 Å². The van der Waals surface area contributed by atoms with Gasteiger partial charge in [-0.2, -0.15) is 0 Å². The number of carbonyl (C=O) groups is 1. The van der Waals surface area contributed by atoms with E-state index in [1.807, 2.05) is 0 Å². The highest BCUT2D eigenvalue weighted by molar-refractivity contribution is 5.86. The predicted octanol–water partition coefficient (Wildman–Crippen LogP) is 3.93. The quantitative estimate of drug-likeness (QED) is 0.235. The number of hydrogen-bond acceptors (Lipinski definition) is 2. The Morgan fingerprint density at radius 1 is 1.00 bits per heavy atom. The van der Waals surface area contributed by atoms with Gasteiger partial charge in [0, 0.05) is 5.57 Å².